The lowest BCUT2D eigenvalue weighted by molar-refractivity contribution is 1.17. The van der Waals surface area contributed by atoms with Crippen molar-refractivity contribution in [3.63, 3.8) is 0 Å². The average Bonchev–Trinajstić information content (AvgIpc) is 3.27. The summed E-state index contributed by atoms with van der Waals surface area (Å²) in [6.07, 6.45) is 1.66. The van der Waals surface area contributed by atoms with Gasteiger partial charge < -0.3 is 4.57 Å². The van der Waals surface area contributed by atoms with Crippen molar-refractivity contribution in [1.29, 1.82) is 5.26 Å². The zero-order valence-corrected chi connectivity index (χ0v) is 15.6. The molecule has 0 radical (unpaired) electrons. The number of fused-ring (bicyclic) bond motifs is 6. The van der Waals surface area contributed by atoms with Crippen LogP contribution in [0, 0.1) is 11.3 Å². The van der Waals surface area contributed by atoms with Gasteiger partial charge in [-0.3, -0.25) is 4.98 Å². The van der Waals surface area contributed by atoms with Crippen LogP contribution >= 0.6 is 11.3 Å². The summed E-state index contributed by atoms with van der Waals surface area (Å²) in [6, 6.07) is 27.5. The van der Waals surface area contributed by atoms with Crippen LogP contribution in [0.2, 0.25) is 0 Å². The molecular weight excluding hydrogens is 362 g/mol. The van der Waals surface area contributed by atoms with Crippen molar-refractivity contribution in [2.45, 2.75) is 0 Å². The summed E-state index contributed by atoms with van der Waals surface area (Å²) in [5.74, 6) is 0. The van der Waals surface area contributed by atoms with Crippen molar-refractivity contribution in [2.75, 3.05) is 0 Å². The summed E-state index contributed by atoms with van der Waals surface area (Å²) >= 11 is 1.81. The Morgan fingerprint density at radius 2 is 1.61 bits per heavy atom. The molecule has 0 saturated carbocycles. The number of hydrogen-bond acceptors (Lipinski definition) is 3. The molecule has 3 nitrogen and oxygen atoms in total. The van der Waals surface area contributed by atoms with Crippen LogP contribution < -0.4 is 0 Å². The maximum absolute atomic E-state index is 9.38. The number of aromatic nitrogens is 2. The van der Waals surface area contributed by atoms with Gasteiger partial charge in [-0.25, -0.2) is 0 Å². The number of hydrogen-bond donors (Lipinski definition) is 0. The highest BCUT2D eigenvalue weighted by molar-refractivity contribution is 7.25. The molecule has 3 aromatic carbocycles. The largest absolute Gasteiger partial charge is 0.308 e. The molecule has 3 aromatic heterocycles. The number of rotatable bonds is 1. The first-order valence-electron chi connectivity index (χ1n) is 9.04. The molecule has 0 aliphatic rings. The Morgan fingerprint density at radius 3 is 2.46 bits per heavy atom. The van der Waals surface area contributed by atoms with Crippen LogP contribution in [0.4, 0.5) is 0 Å². The molecule has 28 heavy (non-hydrogen) atoms. The van der Waals surface area contributed by atoms with Crippen LogP contribution in [0.15, 0.2) is 79.0 Å². The first-order chi connectivity index (χ1) is 13.8. The van der Waals surface area contributed by atoms with Gasteiger partial charge in [0.25, 0.3) is 0 Å². The number of benzene rings is 3. The fourth-order valence-electron chi connectivity index (χ4n) is 4.01. The van der Waals surface area contributed by atoms with Gasteiger partial charge in [-0.2, -0.15) is 5.26 Å². The van der Waals surface area contributed by atoms with E-state index in [2.05, 4.69) is 64.2 Å². The Hall–Kier alpha value is -3.68. The highest BCUT2D eigenvalue weighted by Crippen LogP contribution is 2.40. The summed E-state index contributed by atoms with van der Waals surface area (Å²) < 4.78 is 4.76. The first-order valence-corrected chi connectivity index (χ1v) is 9.86. The van der Waals surface area contributed by atoms with E-state index in [0.717, 1.165) is 27.6 Å². The van der Waals surface area contributed by atoms with Crippen LogP contribution in [0.3, 0.4) is 0 Å². The molecular formula is C24H13N3S. The van der Waals surface area contributed by atoms with Gasteiger partial charge in [-0.15, -0.1) is 11.3 Å². The SMILES string of the molecule is N#Cc1cnc2c3cc4c(cc3n(-c3ccccc3)c2c1)sc1ccccc14. The topological polar surface area (TPSA) is 41.6 Å². The fourth-order valence-corrected chi connectivity index (χ4v) is 5.13. The van der Waals surface area contributed by atoms with E-state index in [9.17, 15) is 5.26 Å². The summed E-state index contributed by atoms with van der Waals surface area (Å²) in [6.45, 7) is 0. The third kappa shape index (κ3) is 2.05. The molecule has 3 heterocycles. The third-order valence-electron chi connectivity index (χ3n) is 5.24. The summed E-state index contributed by atoms with van der Waals surface area (Å²) in [7, 11) is 0. The lowest BCUT2D eigenvalue weighted by Gasteiger charge is -2.07. The molecule has 0 aliphatic carbocycles. The minimum atomic E-state index is 0.569. The second-order valence-corrected chi connectivity index (χ2v) is 7.92. The maximum Gasteiger partial charge on any atom is 0.101 e. The second kappa shape index (κ2) is 5.66. The molecule has 0 spiro atoms. The normalized spacial score (nSPS) is 11.5. The summed E-state index contributed by atoms with van der Waals surface area (Å²) in [5, 5.41) is 13.0. The van der Waals surface area contributed by atoms with Crippen LogP contribution in [0.1, 0.15) is 5.56 Å². The van der Waals surface area contributed by atoms with E-state index < -0.39 is 0 Å². The molecule has 0 unspecified atom stereocenters. The van der Waals surface area contributed by atoms with Gasteiger partial charge in [0.2, 0.25) is 0 Å². The van der Waals surface area contributed by atoms with Crippen molar-refractivity contribution in [3.8, 4) is 11.8 Å². The predicted molar refractivity (Wildman–Crippen MR) is 116 cm³/mol. The smallest absolute Gasteiger partial charge is 0.101 e. The highest BCUT2D eigenvalue weighted by atomic mass is 32.1. The standard InChI is InChI=1S/C24H13N3S/c25-13-15-10-21-24(26-14-15)19-11-18-17-8-4-5-9-22(17)28-23(18)12-20(19)27(21)16-6-2-1-3-7-16/h1-12,14H. The van der Waals surface area contributed by atoms with E-state index >= 15 is 0 Å². The van der Waals surface area contributed by atoms with Crippen LogP contribution in [0.5, 0.6) is 0 Å². The monoisotopic (exact) mass is 375 g/mol. The molecule has 0 N–H and O–H groups in total. The van der Waals surface area contributed by atoms with Crippen molar-refractivity contribution in [2.24, 2.45) is 0 Å². The lowest BCUT2D eigenvalue weighted by Crippen LogP contribution is -1.93. The van der Waals surface area contributed by atoms with E-state index in [1.807, 2.05) is 35.6 Å². The van der Waals surface area contributed by atoms with E-state index in [4.69, 9.17) is 0 Å². The Kier molecular flexibility index (Phi) is 3.11. The van der Waals surface area contributed by atoms with Crippen LogP contribution in [-0.2, 0) is 0 Å². The molecule has 0 saturated heterocycles. The first kappa shape index (κ1) is 15.4. The van der Waals surface area contributed by atoms with Gasteiger partial charge in [0, 0.05) is 37.4 Å². The number of nitriles is 1. The van der Waals surface area contributed by atoms with Crippen molar-refractivity contribution < 1.29 is 0 Å². The summed E-state index contributed by atoms with van der Waals surface area (Å²) in [4.78, 5) is 4.66. The number of nitrogens with zero attached hydrogens (tertiary/aromatic N) is 3. The zero-order chi connectivity index (χ0) is 18.7. The Labute approximate surface area is 164 Å². The van der Waals surface area contributed by atoms with Gasteiger partial charge in [-0.05, 0) is 36.4 Å². The molecule has 6 rings (SSSR count). The molecule has 0 aliphatic heterocycles. The molecule has 4 heteroatoms. The average molecular weight is 375 g/mol. The Morgan fingerprint density at radius 1 is 0.786 bits per heavy atom. The van der Waals surface area contributed by atoms with Crippen LogP contribution in [0.25, 0.3) is 47.8 Å². The zero-order valence-electron chi connectivity index (χ0n) is 14.8. The molecule has 0 fully saturated rings. The van der Waals surface area contributed by atoms with Crippen molar-refractivity contribution in [3.05, 3.63) is 84.6 Å². The van der Waals surface area contributed by atoms with Gasteiger partial charge >= 0.3 is 0 Å². The van der Waals surface area contributed by atoms with Gasteiger partial charge in [0.1, 0.15) is 6.07 Å². The van der Waals surface area contributed by atoms with E-state index in [1.165, 1.54) is 20.2 Å². The Bertz CT molecular complexity index is 1570. The van der Waals surface area contributed by atoms with Crippen molar-refractivity contribution in [1.82, 2.24) is 9.55 Å². The van der Waals surface area contributed by atoms with Crippen LogP contribution in [-0.4, -0.2) is 9.55 Å². The maximum atomic E-state index is 9.38. The molecule has 130 valence electrons. The molecule has 0 amide bonds. The number of thiophene rings is 1. The number of para-hydroxylation sites is 1. The highest BCUT2D eigenvalue weighted by Gasteiger charge is 2.16. The predicted octanol–water partition coefficient (Wildman–Crippen LogP) is 6.42. The van der Waals surface area contributed by atoms with Gasteiger partial charge in [0.05, 0.1) is 22.1 Å². The molecule has 0 bridgehead atoms. The quantitative estimate of drug-likeness (QED) is 0.333. The van der Waals surface area contributed by atoms with E-state index in [0.29, 0.717) is 5.56 Å². The van der Waals surface area contributed by atoms with Gasteiger partial charge in [0.15, 0.2) is 0 Å². The molecule has 6 aromatic rings. The number of pyridine rings is 1. The minimum absolute atomic E-state index is 0.569. The third-order valence-corrected chi connectivity index (χ3v) is 6.38. The van der Waals surface area contributed by atoms with Gasteiger partial charge in [-0.1, -0.05) is 36.4 Å². The lowest BCUT2D eigenvalue weighted by atomic mass is 10.1. The fraction of sp³-hybridized carbons (Fsp3) is 0. The van der Waals surface area contributed by atoms with E-state index in [-0.39, 0.29) is 0 Å². The van der Waals surface area contributed by atoms with Crippen molar-refractivity contribution >= 4 is 53.4 Å². The Balaban J connectivity index is 1.84. The minimum Gasteiger partial charge on any atom is -0.308 e. The molecule has 0 atom stereocenters. The van der Waals surface area contributed by atoms with E-state index in [1.54, 1.807) is 6.20 Å². The second-order valence-electron chi connectivity index (χ2n) is 6.84. The summed E-state index contributed by atoms with van der Waals surface area (Å²) in [5.41, 5.74) is 4.64.